The summed E-state index contributed by atoms with van der Waals surface area (Å²) in [6, 6.07) is 24.4. The van der Waals surface area contributed by atoms with E-state index in [-0.39, 0.29) is 5.91 Å². The van der Waals surface area contributed by atoms with Crippen molar-refractivity contribution in [2.45, 2.75) is 6.61 Å². The van der Waals surface area contributed by atoms with Gasteiger partial charge in [0, 0.05) is 5.56 Å². The van der Waals surface area contributed by atoms with E-state index in [9.17, 15) is 4.79 Å². The molecular weight excluding hydrogens is 340 g/mol. The Bertz CT molecular complexity index is 924. The lowest BCUT2D eigenvalue weighted by molar-refractivity contribution is 0.0952. The molecule has 0 saturated heterocycles. The molecule has 5 nitrogen and oxygen atoms in total. The molecule has 1 amide bonds. The lowest BCUT2D eigenvalue weighted by Gasteiger charge is -2.09. The maximum Gasteiger partial charge on any atom is 0.275 e. The molecule has 0 aliphatic heterocycles. The quantitative estimate of drug-likeness (QED) is 0.511. The van der Waals surface area contributed by atoms with Gasteiger partial charge >= 0.3 is 0 Å². The average molecular weight is 360 g/mol. The molecule has 3 aromatic carbocycles. The van der Waals surface area contributed by atoms with Crippen molar-refractivity contribution in [3.8, 4) is 11.5 Å². The van der Waals surface area contributed by atoms with Crippen LogP contribution in [-0.2, 0) is 6.61 Å². The van der Waals surface area contributed by atoms with Gasteiger partial charge in [-0.1, -0.05) is 54.6 Å². The summed E-state index contributed by atoms with van der Waals surface area (Å²) in [5, 5.41) is 4.05. The zero-order valence-corrected chi connectivity index (χ0v) is 15.0. The van der Waals surface area contributed by atoms with E-state index >= 15 is 0 Å². The van der Waals surface area contributed by atoms with Gasteiger partial charge in [0.2, 0.25) is 0 Å². The van der Waals surface area contributed by atoms with E-state index in [2.05, 4.69) is 10.5 Å². The molecule has 0 atom stereocenters. The predicted molar refractivity (Wildman–Crippen MR) is 105 cm³/mol. The van der Waals surface area contributed by atoms with Crippen LogP contribution in [0.4, 0.5) is 0 Å². The molecule has 0 heterocycles. The number of carbonyl (C=O) groups is 1. The zero-order chi connectivity index (χ0) is 18.9. The summed E-state index contributed by atoms with van der Waals surface area (Å²) >= 11 is 0. The SMILES string of the molecule is COc1ccccc1C(=O)N/N=C/c1ccccc1OCc1ccccc1. The van der Waals surface area contributed by atoms with Gasteiger partial charge in [0.15, 0.2) is 0 Å². The van der Waals surface area contributed by atoms with Crippen molar-refractivity contribution >= 4 is 12.1 Å². The lowest BCUT2D eigenvalue weighted by atomic mass is 10.2. The Morgan fingerprint density at radius 2 is 1.59 bits per heavy atom. The molecule has 0 radical (unpaired) electrons. The van der Waals surface area contributed by atoms with Crippen molar-refractivity contribution in [3.63, 3.8) is 0 Å². The Kier molecular flexibility index (Phi) is 6.20. The number of amides is 1. The first-order valence-electron chi connectivity index (χ1n) is 8.50. The van der Waals surface area contributed by atoms with Crippen molar-refractivity contribution in [1.29, 1.82) is 0 Å². The van der Waals surface area contributed by atoms with Gasteiger partial charge in [0.05, 0.1) is 18.9 Å². The highest BCUT2D eigenvalue weighted by molar-refractivity contribution is 5.97. The third-order valence-corrected chi connectivity index (χ3v) is 3.88. The highest BCUT2D eigenvalue weighted by Crippen LogP contribution is 2.18. The molecule has 0 unspecified atom stereocenters. The number of hydrazone groups is 1. The topological polar surface area (TPSA) is 59.9 Å². The monoisotopic (exact) mass is 360 g/mol. The maximum absolute atomic E-state index is 12.3. The summed E-state index contributed by atoms with van der Waals surface area (Å²) < 4.78 is 11.1. The number of rotatable bonds is 7. The molecule has 0 aromatic heterocycles. The summed E-state index contributed by atoms with van der Waals surface area (Å²) in [5.41, 5.74) is 4.79. The standard InChI is InChI=1S/C22H20N2O3/c1-26-21-14-8-6-12-19(21)22(25)24-23-15-18-11-5-7-13-20(18)27-16-17-9-3-2-4-10-17/h2-15H,16H2,1H3,(H,24,25)/b23-15+. The van der Waals surface area contributed by atoms with Crippen LogP contribution in [0.3, 0.4) is 0 Å². The number of carbonyl (C=O) groups excluding carboxylic acids is 1. The molecule has 0 bridgehead atoms. The zero-order valence-electron chi connectivity index (χ0n) is 15.0. The molecule has 1 N–H and O–H groups in total. The molecule has 3 aromatic rings. The second-order valence-corrected chi connectivity index (χ2v) is 5.71. The van der Waals surface area contributed by atoms with Crippen molar-refractivity contribution in [1.82, 2.24) is 5.43 Å². The number of nitrogens with zero attached hydrogens (tertiary/aromatic N) is 1. The Labute approximate surface area is 158 Å². The van der Waals surface area contributed by atoms with Gasteiger partial charge in [-0.2, -0.15) is 5.10 Å². The van der Waals surface area contributed by atoms with Gasteiger partial charge in [0.1, 0.15) is 18.1 Å². The predicted octanol–water partition coefficient (Wildman–Crippen LogP) is 4.04. The van der Waals surface area contributed by atoms with Crippen LogP contribution in [0.2, 0.25) is 0 Å². The average Bonchev–Trinajstić information content (AvgIpc) is 2.73. The summed E-state index contributed by atoms with van der Waals surface area (Å²) in [4.78, 5) is 12.3. The largest absolute Gasteiger partial charge is 0.496 e. The van der Waals surface area contributed by atoms with Crippen LogP contribution < -0.4 is 14.9 Å². The van der Waals surface area contributed by atoms with Crippen LogP contribution in [0.25, 0.3) is 0 Å². The fourth-order valence-electron chi connectivity index (χ4n) is 2.51. The lowest BCUT2D eigenvalue weighted by Crippen LogP contribution is -2.18. The van der Waals surface area contributed by atoms with Crippen LogP contribution >= 0.6 is 0 Å². The summed E-state index contributed by atoms with van der Waals surface area (Å²) in [5.74, 6) is 0.847. The van der Waals surface area contributed by atoms with Crippen molar-refractivity contribution in [2.75, 3.05) is 7.11 Å². The van der Waals surface area contributed by atoms with Crippen molar-refractivity contribution < 1.29 is 14.3 Å². The molecule has 5 heteroatoms. The molecule has 0 spiro atoms. The van der Waals surface area contributed by atoms with E-state index < -0.39 is 0 Å². The van der Waals surface area contributed by atoms with E-state index in [4.69, 9.17) is 9.47 Å². The summed E-state index contributed by atoms with van der Waals surface area (Å²) in [6.07, 6.45) is 1.56. The van der Waals surface area contributed by atoms with E-state index in [1.807, 2.05) is 54.6 Å². The summed E-state index contributed by atoms with van der Waals surface area (Å²) in [6.45, 7) is 0.458. The number of benzene rings is 3. The number of para-hydroxylation sites is 2. The normalized spacial score (nSPS) is 10.6. The van der Waals surface area contributed by atoms with E-state index in [1.54, 1.807) is 30.5 Å². The second-order valence-electron chi connectivity index (χ2n) is 5.71. The van der Waals surface area contributed by atoms with Gasteiger partial charge < -0.3 is 9.47 Å². The molecule has 0 aliphatic rings. The minimum Gasteiger partial charge on any atom is -0.496 e. The highest BCUT2D eigenvalue weighted by Gasteiger charge is 2.10. The van der Waals surface area contributed by atoms with E-state index in [0.717, 1.165) is 11.1 Å². The minimum atomic E-state index is -0.341. The highest BCUT2D eigenvalue weighted by atomic mass is 16.5. The van der Waals surface area contributed by atoms with Crippen LogP contribution in [0, 0.1) is 0 Å². The fraction of sp³-hybridized carbons (Fsp3) is 0.0909. The fourth-order valence-corrected chi connectivity index (χ4v) is 2.51. The number of ether oxygens (including phenoxy) is 2. The molecule has 3 rings (SSSR count). The smallest absolute Gasteiger partial charge is 0.275 e. The Hall–Kier alpha value is -3.60. The number of nitrogens with one attached hydrogen (secondary N) is 1. The van der Waals surface area contributed by atoms with Crippen LogP contribution in [0.1, 0.15) is 21.5 Å². The number of methoxy groups -OCH3 is 1. The van der Waals surface area contributed by atoms with Gasteiger partial charge in [0.25, 0.3) is 5.91 Å². The first kappa shape index (κ1) is 18.2. The summed E-state index contributed by atoms with van der Waals surface area (Å²) in [7, 11) is 1.52. The van der Waals surface area contributed by atoms with Gasteiger partial charge in [-0.25, -0.2) is 5.43 Å². The molecule has 136 valence electrons. The van der Waals surface area contributed by atoms with Crippen molar-refractivity contribution in [3.05, 3.63) is 95.6 Å². The third-order valence-electron chi connectivity index (χ3n) is 3.88. The van der Waals surface area contributed by atoms with E-state index in [1.165, 1.54) is 7.11 Å². The van der Waals surface area contributed by atoms with Crippen LogP contribution in [-0.4, -0.2) is 19.2 Å². The van der Waals surface area contributed by atoms with Crippen LogP contribution in [0.5, 0.6) is 11.5 Å². The third kappa shape index (κ3) is 4.95. The molecule has 27 heavy (non-hydrogen) atoms. The van der Waals surface area contributed by atoms with E-state index in [0.29, 0.717) is 23.7 Å². The van der Waals surface area contributed by atoms with Gasteiger partial charge in [-0.05, 0) is 29.8 Å². The molecular formula is C22H20N2O3. The maximum atomic E-state index is 12.3. The second kappa shape index (κ2) is 9.20. The molecule has 0 aliphatic carbocycles. The van der Waals surface area contributed by atoms with Gasteiger partial charge in [-0.3, -0.25) is 4.79 Å². The molecule has 0 fully saturated rings. The Balaban J connectivity index is 1.66. The van der Waals surface area contributed by atoms with Gasteiger partial charge in [-0.15, -0.1) is 0 Å². The van der Waals surface area contributed by atoms with Crippen LogP contribution in [0.15, 0.2) is 84.0 Å². The van der Waals surface area contributed by atoms with Crippen molar-refractivity contribution in [2.24, 2.45) is 5.10 Å². The minimum absolute atomic E-state index is 0.341. The Morgan fingerprint density at radius 1 is 0.926 bits per heavy atom. The first-order chi connectivity index (χ1) is 13.3. The Morgan fingerprint density at radius 3 is 2.37 bits per heavy atom. The number of hydrogen-bond donors (Lipinski definition) is 1. The first-order valence-corrected chi connectivity index (χ1v) is 8.50. The molecule has 0 saturated carbocycles. The number of hydrogen-bond acceptors (Lipinski definition) is 4.